The maximum Gasteiger partial charge on any atom is 0.248 e. The number of H-pyrrole nitrogens is 2. The summed E-state index contributed by atoms with van der Waals surface area (Å²) in [6.07, 6.45) is 5.66. The van der Waals surface area contributed by atoms with Crippen LogP contribution in [-0.2, 0) is 102 Å². The van der Waals surface area contributed by atoms with E-state index < -0.39 is 205 Å². The van der Waals surface area contributed by atoms with Gasteiger partial charge in [0.15, 0.2) is 5.96 Å². The molecule has 16 amide bonds. The summed E-state index contributed by atoms with van der Waals surface area (Å²) in [5.74, 6) is -14.5. The summed E-state index contributed by atoms with van der Waals surface area (Å²) < 4.78 is 0.818. The van der Waals surface area contributed by atoms with Gasteiger partial charge in [-0.25, -0.2) is 4.98 Å². The standard InChI is InChI=1S/C85H119N23O19S2/c1-6-8-21-64(78(121)98-56(20-14-30-93-85(89)90)74(117)104-63(73(116)95-40-70(88)113)44-128-45-71(114)97-57(72(115)91-3)33-47-26-28-51(111)29-27-47)105(4)84(127)67(22-9-7-2)106(5)82(125)60(35-49-43-129-68-25-13-11-18-53(49)68)101-77(120)61(41-109)102-75(118)58(34-48-38-94-55-19-12-10-17-52(48)55)99-80(123)66-24-16-32-108(66)83(126)62(42-110)103-76(119)59(36-50-39-92-46-96-50)100-79(122)65-23-15-31-107(65)81(124)54(86)37-69(87)112/h10-13,17-19,25-29,38-39,43,46,54,56-67,94,109-111H,6-9,14-16,20-24,30-37,40-42,44-45,86H2,1-5H3,(H2,87,112)(H2,88,113)(H,91,115)(H,92,96)(H,95,116)(H,97,114)(H,98,121)(H,99,123)(H,100,122)(H,101,120)(H,102,118)(H,103,119)(H,104,117)(H4,89,90,93)/t54-,56-,57-,58-,59-,60-,61-,62-,63?,64-,65-,66-,67-/m0/s1. The smallest absolute Gasteiger partial charge is 0.248 e. The third-order valence-electron chi connectivity index (χ3n) is 22.3. The summed E-state index contributed by atoms with van der Waals surface area (Å²) in [5, 5.41) is 71.5. The highest BCUT2D eigenvalue weighted by molar-refractivity contribution is 8.00. The number of aromatic nitrogens is 3. The first-order valence-corrected chi connectivity index (χ1v) is 44.7. The van der Waals surface area contributed by atoms with Gasteiger partial charge in [-0.15, -0.1) is 23.1 Å². The Balaban J connectivity index is 1.01. The summed E-state index contributed by atoms with van der Waals surface area (Å²) in [6.45, 7) is 1.04. The van der Waals surface area contributed by atoms with Crippen molar-refractivity contribution in [3.63, 3.8) is 0 Å². The van der Waals surface area contributed by atoms with Gasteiger partial charge in [-0.3, -0.25) is 82.1 Å². The number of para-hydroxylation sites is 1. The number of aliphatic hydroxyl groups excluding tert-OH is 2. The van der Waals surface area contributed by atoms with Crippen molar-refractivity contribution in [1.82, 2.24) is 93.0 Å². The van der Waals surface area contributed by atoms with Crippen molar-refractivity contribution in [2.75, 3.05) is 72.0 Å². The van der Waals surface area contributed by atoms with Gasteiger partial charge in [-0.2, -0.15) is 0 Å². The number of thiophene rings is 1. The maximum absolute atomic E-state index is 15.7. The van der Waals surface area contributed by atoms with Crippen LogP contribution in [0.1, 0.15) is 120 Å². The van der Waals surface area contributed by atoms with Crippen molar-refractivity contribution >= 4 is 145 Å². The number of likely N-dealkylation sites (tertiary alicyclic amines) is 2. The van der Waals surface area contributed by atoms with E-state index in [-0.39, 0.29) is 108 Å². The topological polar surface area (TPSA) is 652 Å². The molecule has 5 heterocycles. The minimum absolute atomic E-state index is 0.0105. The van der Waals surface area contributed by atoms with Gasteiger partial charge >= 0.3 is 0 Å². The quantitative estimate of drug-likeness (QED) is 0.0100. The number of unbranched alkanes of at least 4 members (excludes halogenated alkanes) is 2. The number of carbonyl (C=O) groups is 16. The number of rotatable bonds is 51. The van der Waals surface area contributed by atoms with E-state index in [9.17, 15) is 68.1 Å². The molecule has 0 aliphatic carbocycles. The number of aliphatic hydroxyl groups is 2. The second-order valence-electron chi connectivity index (χ2n) is 31.8. The van der Waals surface area contributed by atoms with Gasteiger partial charge in [0, 0.05) is 106 Å². The van der Waals surface area contributed by atoms with Crippen molar-refractivity contribution in [2.24, 2.45) is 22.9 Å². The number of hydrogen-bond acceptors (Lipinski definition) is 24. The molecule has 13 atom stereocenters. The molecule has 8 rings (SSSR count). The zero-order valence-electron chi connectivity index (χ0n) is 72.7. The molecule has 2 fully saturated rings. The molecular weight excluding hydrogens is 1710 g/mol. The minimum Gasteiger partial charge on any atom is -0.508 e. The fourth-order valence-corrected chi connectivity index (χ4v) is 17.2. The zero-order chi connectivity index (χ0) is 94.1. The number of nitrogens with two attached hydrogens (primary N) is 4. The van der Waals surface area contributed by atoms with E-state index in [2.05, 4.69) is 73.4 Å². The molecular formula is C85H119N23O19S2. The molecule has 3 aromatic heterocycles. The average Bonchev–Trinajstić information content (AvgIpc) is 1.72. The lowest BCUT2D eigenvalue weighted by molar-refractivity contribution is -0.149. The normalized spacial score (nSPS) is 16.2. The number of nitrogens with zero attached hydrogens (tertiary/aromatic N) is 5. The van der Waals surface area contributed by atoms with Crippen LogP contribution in [-0.4, -0.2) is 301 Å². The van der Waals surface area contributed by atoms with Gasteiger partial charge in [0.2, 0.25) is 94.5 Å². The molecule has 2 aliphatic rings. The number of nitrogens with one attached hydrogen (secondary N) is 14. The first kappa shape index (κ1) is 102. The summed E-state index contributed by atoms with van der Waals surface area (Å²) in [4.78, 5) is 241. The minimum atomic E-state index is -1.86. The van der Waals surface area contributed by atoms with Crippen LogP contribution < -0.4 is 81.4 Å². The molecule has 3 aromatic carbocycles. The van der Waals surface area contributed by atoms with Crippen LogP contribution in [0.3, 0.4) is 0 Å². The van der Waals surface area contributed by atoms with Crippen LogP contribution in [0.25, 0.3) is 21.0 Å². The first-order valence-electron chi connectivity index (χ1n) is 42.7. The number of hydrogen-bond donors (Lipinski definition) is 21. The number of amides is 16. The van der Waals surface area contributed by atoms with Crippen LogP contribution in [0.4, 0.5) is 0 Å². The summed E-state index contributed by atoms with van der Waals surface area (Å²) in [6, 6.07) is 1.62. The molecule has 2 aliphatic heterocycles. The number of aromatic hydroxyl groups is 1. The summed E-state index contributed by atoms with van der Waals surface area (Å²) in [5.41, 5.74) is 25.0. The number of thioether (sulfide) groups is 1. The number of guanidine groups is 1. The fourth-order valence-electron chi connectivity index (χ4n) is 15.4. The van der Waals surface area contributed by atoms with Crippen LogP contribution in [0.5, 0.6) is 5.75 Å². The Kier molecular flexibility index (Phi) is 39.4. The number of benzene rings is 3. The Morgan fingerprint density at radius 3 is 1.74 bits per heavy atom. The van der Waals surface area contributed by atoms with Crippen molar-refractivity contribution in [2.45, 2.75) is 202 Å². The van der Waals surface area contributed by atoms with Gasteiger partial charge in [-0.05, 0) is 103 Å². The summed E-state index contributed by atoms with van der Waals surface area (Å²) >= 11 is 2.23. The van der Waals surface area contributed by atoms with E-state index in [1.807, 2.05) is 32.0 Å². The van der Waals surface area contributed by atoms with E-state index >= 15 is 24.0 Å². The lowest BCUT2D eigenvalue weighted by Crippen LogP contribution is -2.62. The molecule has 0 saturated carbocycles. The molecule has 0 bridgehead atoms. The lowest BCUT2D eigenvalue weighted by Gasteiger charge is -2.36. The SMILES string of the molecule is CCCC[C@@H](C(=O)N(C)[C@@H](CCCC)C(=O)N[C@@H](CCCNC(=N)N)C(=O)NC(CSCC(=O)N[C@@H](Cc1ccc(O)cc1)C(=O)NC)C(=O)NCC(N)=O)N(C)C(=O)[C@H](Cc1csc2ccccc12)NC(=O)[C@H](CO)NC(=O)[C@H](Cc1c[nH]c2ccccc12)NC(=O)[C@@H]1CCCN1C(=O)[C@H](CO)NC(=O)[C@H](Cc1cnc[nH]1)NC(=O)[C@@H]1CCCN1C(=O)[C@@H](N)CC(N)=O. The Morgan fingerprint density at radius 1 is 0.574 bits per heavy atom. The molecule has 700 valence electrons. The number of imidazole rings is 1. The largest absolute Gasteiger partial charge is 0.508 e. The van der Waals surface area contributed by atoms with Gasteiger partial charge < -0.3 is 126 Å². The third kappa shape index (κ3) is 29.4. The highest BCUT2D eigenvalue weighted by atomic mass is 32.2. The van der Waals surface area contributed by atoms with E-state index in [1.165, 1.54) is 66.9 Å². The van der Waals surface area contributed by atoms with Crippen molar-refractivity contribution < 1.29 is 92.0 Å². The third-order valence-corrected chi connectivity index (χ3v) is 24.4. The van der Waals surface area contributed by atoms with Gasteiger partial charge in [0.05, 0.1) is 44.3 Å². The second-order valence-corrected chi connectivity index (χ2v) is 33.7. The monoisotopic (exact) mass is 1830 g/mol. The first-order chi connectivity index (χ1) is 61.7. The Hall–Kier alpha value is -12.8. The maximum atomic E-state index is 15.7. The molecule has 0 spiro atoms. The number of fused-ring (bicyclic) bond motifs is 2. The molecule has 0 radical (unpaired) electrons. The number of phenolic OH excluding ortho intramolecular Hbond substituents is 1. The Labute approximate surface area is 752 Å². The lowest BCUT2D eigenvalue weighted by atomic mass is 10.00. The number of carbonyl (C=O) groups excluding carboxylic acids is 16. The molecule has 42 nitrogen and oxygen atoms in total. The number of primary amides is 2. The van der Waals surface area contributed by atoms with Gasteiger partial charge in [0.1, 0.15) is 78.3 Å². The van der Waals surface area contributed by atoms with Crippen molar-refractivity contribution in [3.8, 4) is 5.75 Å². The molecule has 129 heavy (non-hydrogen) atoms. The van der Waals surface area contributed by atoms with Crippen molar-refractivity contribution in [3.05, 3.63) is 119 Å². The molecule has 1 unspecified atom stereocenters. The van der Waals surface area contributed by atoms with Crippen molar-refractivity contribution in [1.29, 1.82) is 5.41 Å². The molecule has 44 heteroatoms. The molecule has 2 saturated heterocycles. The highest BCUT2D eigenvalue weighted by Gasteiger charge is 2.44. The van der Waals surface area contributed by atoms with E-state index in [0.717, 1.165) is 26.3 Å². The van der Waals surface area contributed by atoms with E-state index in [4.69, 9.17) is 28.3 Å². The number of phenols is 1. The van der Waals surface area contributed by atoms with Gasteiger partial charge in [-0.1, -0.05) is 88.1 Å². The average molecular weight is 1830 g/mol. The second kappa shape index (κ2) is 50.1. The fraction of sp³-hybridized carbons (Fsp3) is 0.506. The van der Waals surface area contributed by atoms with E-state index in [0.29, 0.717) is 70.8 Å². The van der Waals surface area contributed by atoms with E-state index in [1.54, 1.807) is 54.0 Å². The Morgan fingerprint density at radius 2 is 1.13 bits per heavy atom. The van der Waals surface area contributed by atoms with Crippen LogP contribution in [0.2, 0.25) is 0 Å². The Bertz CT molecular complexity index is 4920. The molecule has 6 aromatic rings. The predicted molar refractivity (Wildman–Crippen MR) is 477 cm³/mol. The van der Waals surface area contributed by atoms with Crippen LogP contribution >= 0.6 is 23.1 Å². The number of aromatic amines is 2. The summed E-state index contributed by atoms with van der Waals surface area (Å²) in [7, 11) is 4.10. The van der Waals surface area contributed by atoms with Crippen LogP contribution in [0, 0.1) is 5.41 Å². The predicted octanol–water partition coefficient (Wildman–Crippen LogP) is -3.49. The van der Waals surface area contributed by atoms with Crippen LogP contribution in [0.15, 0.2) is 96.9 Å². The van der Waals surface area contributed by atoms with Gasteiger partial charge in [0.25, 0.3) is 0 Å². The molecule has 25 N–H and O–H groups in total. The zero-order valence-corrected chi connectivity index (χ0v) is 74.3. The highest BCUT2D eigenvalue weighted by Crippen LogP contribution is 2.29. The number of likely N-dealkylation sites (N-methyl/N-ethyl adjacent to an activating group) is 3.